The molecule has 164 valence electrons. The number of amides is 3. The van der Waals surface area contributed by atoms with Crippen LogP contribution in [0.2, 0.25) is 0 Å². The maximum absolute atomic E-state index is 12.0. The molecule has 0 aliphatic heterocycles. The van der Waals surface area contributed by atoms with E-state index in [1.54, 1.807) is 55.7 Å². The maximum Gasteiger partial charge on any atom is 0.255 e. The SMILES string of the molecule is COc1ccc(C(=O)NCCNC(=O)C=Cc2ccc(OCC(N)=O)c(OC)c2)cc1. The Morgan fingerprint density at radius 3 is 2.29 bits per heavy atom. The predicted octanol–water partition coefficient (Wildman–Crippen LogP) is 1.13. The molecule has 0 aliphatic carbocycles. The van der Waals surface area contributed by atoms with Gasteiger partial charge >= 0.3 is 0 Å². The van der Waals surface area contributed by atoms with Crippen molar-refractivity contribution >= 4 is 23.8 Å². The normalized spacial score (nSPS) is 10.4. The number of carbonyl (C=O) groups is 3. The molecule has 2 aromatic carbocycles. The molecule has 0 saturated carbocycles. The summed E-state index contributed by atoms with van der Waals surface area (Å²) in [6.07, 6.45) is 2.97. The number of hydrogen-bond acceptors (Lipinski definition) is 6. The van der Waals surface area contributed by atoms with Gasteiger partial charge in [-0.2, -0.15) is 0 Å². The van der Waals surface area contributed by atoms with E-state index in [1.807, 2.05) is 0 Å². The Hall–Kier alpha value is -4.01. The second-order valence-corrected chi connectivity index (χ2v) is 6.27. The standard InChI is InChI=1S/C22H25N3O6/c1-29-17-7-5-16(6-8-17)22(28)25-12-11-24-21(27)10-4-15-3-9-18(19(13-15)30-2)31-14-20(23)26/h3-10,13H,11-12,14H2,1-2H3,(H2,23,26)(H,24,27)(H,25,28). The molecule has 0 bridgehead atoms. The van der Waals surface area contributed by atoms with E-state index in [1.165, 1.54) is 13.2 Å². The van der Waals surface area contributed by atoms with E-state index in [0.29, 0.717) is 28.4 Å². The van der Waals surface area contributed by atoms with Crippen LogP contribution in [0.3, 0.4) is 0 Å². The molecule has 0 aliphatic rings. The van der Waals surface area contributed by atoms with Crippen LogP contribution >= 0.6 is 0 Å². The summed E-state index contributed by atoms with van der Waals surface area (Å²) in [5.74, 6) is 0.300. The lowest BCUT2D eigenvalue weighted by Crippen LogP contribution is -2.33. The monoisotopic (exact) mass is 427 g/mol. The highest BCUT2D eigenvalue weighted by Gasteiger charge is 2.07. The summed E-state index contributed by atoms with van der Waals surface area (Å²) in [5, 5.41) is 5.41. The zero-order chi connectivity index (χ0) is 22.6. The lowest BCUT2D eigenvalue weighted by molar-refractivity contribution is -0.120. The minimum atomic E-state index is -0.595. The van der Waals surface area contributed by atoms with Gasteiger partial charge in [0.1, 0.15) is 5.75 Å². The van der Waals surface area contributed by atoms with E-state index in [2.05, 4.69) is 10.6 Å². The van der Waals surface area contributed by atoms with Crippen LogP contribution in [0.15, 0.2) is 48.5 Å². The van der Waals surface area contributed by atoms with Gasteiger partial charge < -0.3 is 30.6 Å². The first-order valence-corrected chi connectivity index (χ1v) is 9.40. The fourth-order valence-corrected chi connectivity index (χ4v) is 2.49. The maximum atomic E-state index is 12.0. The van der Waals surface area contributed by atoms with E-state index in [4.69, 9.17) is 19.9 Å². The summed E-state index contributed by atoms with van der Waals surface area (Å²) < 4.78 is 15.5. The number of methoxy groups -OCH3 is 2. The van der Waals surface area contributed by atoms with Gasteiger partial charge in [0.2, 0.25) is 5.91 Å². The van der Waals surface area contributed by atoms with Gasteiger partial charge in [-0.05, 0) is 48.0 Å². The average molecular weight is 427 g/mol. The van der Waals surface area contributed by atoms with Crippen LogP contribution in [0.4, 0.5) is 0 Å². The number of rotatable bonds is 11. The zero-order valence-electron chi connectivity index (χ0n) is 17.3. The summed E-state index contributed by atoms with van der Waals surface area (Å²) in [4.78, 5) is 34.8. The minimum absolute atomic E-state index is 0.238. The van der Waals surface area contributed by atoms with Gasteiger partial charge in [0.05, 0.1) is 14.2 Å². The third-order valence-electron chi connectivity index (χ3n) is 4.05. The van der Waals surface area contributed by atoms with Crippen LogP contribution in [-0.4, -0.2) is 51.6 Å². The van der Waals surface area contributed by atoms with Crippen LogP contribution < -0.4 is 30.6 Å². The Kier molecular flexibility index (Phi) is 8.90. The van der Waals surface area contributed by atoms with Crippen LogP contribution in [0.5, 0.6) is 17.2 Å². The summed E-state index contributed by atoms with van der Waals surface area (Å²) in [6, 6.07) is 11.7. The van der Waals surface area contributed by atoms with Gasteiger partial charge in [-0.1, -0.05) is 6.07 Å². The summed E-state index contributed by atoms with van der Waals surface area (Å²) >= 11 is 0. The average Bonchev–Trinajstić information content (AvgIpc) is 2.79. The van der Waals surface area contributed by atoms with Gasteiger partial charge in [-0.15, -0.1) is 0 Å². The molecule has 0 fully saturated rings. The molecule has 31 heavy (non-hydrogen) atoms. The lowest BCUT2D eigenvalue weighted by atomic mass is 10.2. The Morgan fingerprint density at radius 1 is 0.935 bits per heavy atom. The van der Waals surface area contributed by atoms with Crippen molar-refractivity contribution in [3.05, 3.63) is 59.7 Å². The number of nitrogens with one attached hydrogen (secondary N) is 2. The molecule has 0 atom stereocenters. The van der Waals surface area contributed by atoms with Gasteiger partial charge in [-0.3, -0.25) is 14.4 Å². The van der Waals surface area contributed by atoms with Crippen molar-refractivity contribution in [1.82, 2.24) is 10.6 Å². The molecule has 0 aromatic heterocycles. The number of primary amides is 1. The molecule has 3 amide bonds. The number of ether oxygens (including phenoxy) is 3. The number of carbonyl (C=O) groups excluding carboxylic acids is 3. The Balaban J connectivity index is 1.78. The van der Waals surface area contributed by atoms with Crippen molar-refractivity contribution in [3.8, 4) is 17.2 Å². The molecule has 0 unspecified atom stereocenters. The zero-order valence-corrected chi connectivity index (χ0v) is 17.3. The smallest absolute Gasteiger partial charge is 0.255 e. The summed E-state index contributed by atoms with van der Waals surface area (Å²) in [7, 11) is 3.02. The van der Waals surface area contributed by atoms with E-state index in [-0.39, 0.29) is 31.5 Å². The first kappa shape index (κ1) is 23.3. The van der Waals surface area contributed by atoms with Crippen molar-refractivity contribution in [2.75, 3.05) is 33.9 Å². The Morgan fingerprint density at radius 2 is 1.65 bits per heavy atom. The van der Waals surface area contributed by atoms with Crippen LogP contribution in [0, 0.1) is 0 Å². The molecule has 4 N–H and O–H groups in total. The predicted molar refractivity (Wildman–Crippen MR) is 115 cm³/mol. The quantitative estimate of drug-likeness (QED) is 0.364. The number of benzene rings is 2. The first-order valence-electron chi connectivity index (χ1n) is 9.40. The van der Waals surface area contributed by atoms with E-state index >= 15 is 0 Å². The molecule has 2 rings (SSSR count). The third kappa shape index (κ3) is 7.73. The fraction of sp³-hybridized carbons (Fsp3) is 0.227. The highest BCUT2D eigenvalue weighted by Crippen LogP contribution is 2.28. The molecule has 0 heterocycles. The lowest BCUT2D eigenvalue weighted by Gasteiger charge is -2.10. The summed E-state index contributed by atoms with van der Waals surface area (Å²) in [5.41, 5.74) is 6.27. The Bertz CT molecular complexity index is 941. The molecular weight excluding hydrogens is 402 g/mol. The second-order valence-electron chi connectivity index (χ2n) is 6.27. The van der Waals surface area contributed by atoms with Crippen LogP contribution in [0.25, 0.3) is 6.08 Å². The highest BCUT2D eigenvalue weighted by atomic mass is 16.5. The topological polar surface area (TPSA) is 129 Å². The van der Waals surface area contributed by atoms with E-state index in [9.17, 15) is 14.4 Å². The molecule has 9 heteroatoms. The molecule has 0 spiro atoms. The van der Waals surface area contributed by atoms with Gasteiger partial charge in [0, 0.05) is 24.7 Å². The first-order chi connectivity index (χ1) is 14.9. The largest absolute Gasteiger partial charge is 0.497 e. The van der Waals surface area contributed by atoms with Crippen molar-refractivity contribution in [2.24, 2.45) is 5.73 Å². The van der Waals surface area contributed by atoms with E-state index < -0.39 is 5.91 Å². The Labute approximate surface area is 180 Å². The fourth-order valence-electron chi connectivity index (χ4n) is 2.49. The second kappa shape index (κ2) is 11.9. The van der Waals surface area contributed by atoms with Gasteiger partial charge in [0.25, 0.3) is 11.8 Å². The van der Waals surface area contributed by atoms with Gasteiger partial charge in [0.15, 0.2) is 18.1 Å². The summed E-state index contributed by atoms with van der Waals surface area (Å²) in [6.45, 7) is 0.293. The minimum Gasteiger partial charge on any atom is -0.497 e. The van der Waals surface area contributed by atoms with Crippen molar-refractivity contribution in [1.29, 1.82) is 0 Å². The van der Waals surface area contributed by atoms with Gasteiger partial charge in [-0.25, -0.2) is 0 Å². The van der Waals surface area contributed by atoms with E-state index in [0.717, 1.165) is 0 Å². The third-order valence-corrected chi connectivity index (χ3v) is 4.05. The molecule has 0 radical (unpaired) electrons. The molecule has 9 nitrogen and oxygen atoms in total. The van der Waals surface area contributed by atoms with Crippen LogP contribution in [-0.2, 0) is 9.59 Å². The molecule has 0 saturated heterocycles. The molecule has 2 aromatic rings. The van der Waals surface area contributed by atoms with Crippen LogP contribution in [0.1, 0.15) is 15.9 Å². The van der Waals surface area contributed by atoms with Crippen molar-refractivity contribution in [2.45, 2.75) is 0 Å². The van der Waals surface area contributed by atoms with Crippen molar-refractivity contribution < 1.29 is 28.6 Å². The number of hydrogen-bond donors (Lipinski definition) is 3. The van der Waals surface area contributed by atoms with Crippen molar-refractivity contribution in [3.63, 3.8) is 0 Å². The molecular formula is C22H25N3O6. The highest BCUT2D eigenvalue weighted by molar-refractivity contribution is 5.94. The number of nitrogens with two attached hydrogens (primary N) is 1.